The quantitative estimate of drug-likeness (QED) is 0.741. The van der Waals surface area contributed by atoms with Gasteiger partial charge in [0.1, 0.15) is 0 Å². The van der Waals surface area contributed by atoms with Crippen LogP contribution in [0.3, 0.4) is 0 Å². The molecule has 7 nitrogen and oxygen atoms in total. The van der Waals surface area contributed by atoms with Gasteiger partial charge in [-0.05, 0) is 26.2 Å². The summed E-state index contributed by atoms with van der Waals surface area (Å²) in [5, 5.41) is 2.51. The van der Waals surface area contributed by atoms with E-state index in [9.17, 15) is 14.4 Å². The van der Waals surface area contributed by atoms with E-state index in [-0.39, 0.29) is 30.1 Å². The number of hydrogen-bond donors (Lipinski definition) is 0. The fourth-order valence-corrected chi connectivity index (χ4v) is 4.14. The molecule has 1 atom stereocenters. The third kappa shape index (κ3) is 4.18. The average Bonchev–Trinajstić information content (AvgIpc) is 3.24. The maximum Gasteiger partial charge on any atom is 0.310 e. The molecule has 0 bridgehead atoms. The number of anilines is 1. The molecule has 0 aliphatic carbocycles. The second kappa shape index (κ2) is 7.95. The standard InChI is InChI=1S/C17H23N3O4S/c1-2-24-16(23)12-5-3-7-19(10-12)15(22)9-13-11-25-17(18-13)20-8-4-6-14(20)21/h11-12H,2-10H2,1H3. The summed E-state index contributed by atoms with van der Waals surface area (Å²) in [7, 11) is 0. The number of nitrogens with zero attached hydrogens (tertiary/aromatic N) is 3. The van der Waals surface area contributed by atoms with E-state index in [0.717, 1.165) is 19.3 Å². The van der Waals surface area contributed by atoms with Gasteiger partial charge in [-0.2, -0.15) is 0 Å². The predicted molar refractivity (Wildman–Crippen MR) is 93.3 cm³/mol. The fraction of sp³-hybridized carbons (Fsp3) is 0.647. The predicted octanol–water partition coefficient (Wildman–Crippen LogP) is 1.61. The van der Waals surface area contributed by atoms with E-state index in [4.69, 9.17) is 4.74 Å². The first-order chi connectivity index (χ1) is 12.1. The van der Waals surface area contributed by atoms with E-state index in [2.05, 4.69) is 4.98 Å². The van der Waals surface area contributed by atoms with Gasteiger partial charge in [-0.15, -0.1) is 11.3 Å². The van der Waals surface area contributed by atoms with Crippen molar-refractivity contribution in [2.75, 3.05) is 31.1 Å². The van der Waals surface area contributed by atoms with Crippen LogP contribution in [0.2, 0.25) is 0 Å². The number of hydrogen-bond acceptors (Lipinski definition) is 6. The van der Waals surface area contributed by atoms with E-state index in [0.29, 0.717) is 43.5 Å². The number of rotatable bonds is 5. The molecule has 3 heterocycles. The first kappa shape index (κ1) is 17.8. The zero-order valence-corrected chi connectivity index (χ0v) is 15.2. The Morgan fingerprint density at radius 2 is 2.20 bits per heavy atom. The largest absolute Gasteiger partial charge is 0.466 e. The summed E-state index contributed by atoms with van der Waals surface area (Å²) in [5.74, 6) is -0.381. The van der Waals surface area contributed by atoms with Gasteiger partial charge >= 0.3 is 5.97 Å². The Morgan fingerprint density at radius 1 is 1.36 bits per heavy atom. The van der Waals surface area contributed by atoms with Crippen molar-refractivity contribution >= 4 is 34.3 Å². The lowest BCUT2D eigenvalue weighted by Gasteiger charge is -2.31. The molecular formula is C17H23N3O4S. The van der Waals surface area contributed by atoms with Crippen LogP contribution in [0.5, 0.6) is 0 Å². The van der Waals surface area contributed by atoms with Crippen molar-refractivity contribution in [2.45, 2.75) is 39.0 Å². The maximum atomic E-state index is 12.5. The van der Waals surface area contributed by atoms with Crippen LogP contribution < -0.4 is 4.90 Å². The van der Waals surface area contributed by atoms with Crippen LogP contribution in [-0.4, -0.2) is 53.9 Å². The van der Waals surface area contributed by atoms with Crippen molar-refractivity contribution < 1.29 is 19.1 Å². The van der Waals surface area contributed by atoms with Crippen LogP contribution in [0, 0.1) is 5.92 Å². The van der Waals surface area contributed by atoms with Gasteiger partial charge in [0.05, 0.1) is 24.6 Å². The molecule has 0 saturated carbocycles. The molecule has 25 heavy (non-hydrogen) atoms. The number of thiazole rings is 1. The van der Waals surface area contributed by atoms with Gasteiger partial charge < -0.3 is 9.64 Å². The molecule has 1 aromatic rings. The zero-order chi connectivity index (χ0) is 17.8. The second-order valence-corrected chi connectivity index (χ2v) is 7.21. The number of likely N-dealkylation sites (tertiary alicyclic amines) is 1. The molecule has 2 aliphatic rings. The monoisotopic (exact) mass is 365 g/mol. The van der Waals surface area contributed by atoms with E-state index in [1.807, 2.05) is 5.38 Å². The zero-order valence-electron chi connectivity index (χ0n) is 14.4. The van der Waals surface area contributed by atoms with Crippen molar-refractivity contribution in [1.82, 2.24) is 9.88 Å². The Balaban J connectivity index is 1.57. The van der Waals surface area contributed by atoms with Gasteiger partial charge in [0.2, 0.25) is 11.8 Å². The van der Waals surface area contributed by atoms with Crippen LogP contribution in [0.4, 0.5) is 5.13 Å². The van der Waals surface area contributed by atoms with Crippen LogP contribution in [0.15, 0.2) is 5.38 Å². The van der Waals surface area contributed by atoms with E-state index >= 15 is 0 Å². The smallest absolute Gasteiger partial charge is 0.310 e. The number of amides is 2. The molecule has 3 rings (SSSR count). The Bertz CT molecular complexity index is 660. The molecule has 0 spiro atoms. The lowest BCUT2D eigenvalue weighted by molar-refractivity contribution is -0.151. The van der Waals surface area contributed by atoms with E-state index in [1.54, 1.807) is 16.7 Å². The Labute approximate surface area is 151 Å². The first-order valence-electron chi connectivity index (χ1n) is 8.77. The van der Waals surface area contributed by atoms with Crippen molar-refractivity contribution in [3.63, 3.8) is 0 Å². The van der Waals surface area contributed by atoms with Crippen molar-refractivity contribution in [3.05, 3.63) is 11.1 Å². The molecule has 2 aliphatic heterocycles. The number of aromatic nitrogens is 1. The van der Waals surface area contributed by atoms with Gasteiger partial charge in [-0.25, -0.2) is 4.98 Å². The molecule has 0 aromatic carbocycles. The van der Waals surface area contributed by atoms with Gasteiger partial charge in [-0.3, -0.25) is 19.3 Å². The van der Waals surface area contributed by atoms with Crippen LogP contribution in [0.1, 0.15) is 38.3 Å². The van der Waals surface area contributed by atoms with Crippen LogP contribution >= 0.6 is 11.3 Å². The lowest BCUT2D eigenvalue weighted by Crippen LogP contribution is -2.43. The molecule has 1 aromatic heterocycles. The molecule has 0 radical (unpaired) electrons. The summed E-state index contributed by atoms with van der Waals surface area (Å²) in [6, 6.07) is 0. The van der Waals surface area contributed by atoms with Gasteiger partial charge in [-0.1, -0.05) is 0 Å². The highest BCUT2D eigenvalue weighted by Crippen LogP contribution is 2.26. The van der Waals surface area contributed by atoms with Crippen molar-refractivity contribution in [3.8, 4) is 0 Å². The summed E-state index contributed by atoms with van der Waals surface area (Å²) in [5.41, 5.74) is 0.683. The van der Waals surface area contributed by atoms with Gasteiger partial charge in [0, 0.05) is 31.4 Å². The molecule has 1 unspecified atom stereocenters. The minimum Gasteiger partial charge on any atom is -0.466 e. The SMILES string of the molecule is CCOC(=O)C1CCCN(C(=O)Cc2csc(N3CCCC3=O)n2)C1. The maximum absolute atomic E-state index is 12.5. The normalized spacial score (nSPS) is 20.8. The molecule has 136 valence electrons. The Kier molecular flexibility index (Phi) is 5.67. The molecule has 8 heteroatoms. The highest BCUT2D eigenvalue weighted by Gasteiger charge is 2.30. The number of esters is 1. The summed E-state index contributed by atoms with van der Waals surface area (Å²) in [6.07, 6.45) is 3.20. The van der Waals surface area contributed by atoms with Crippen molar-refractivity contribution in [2.24, 2.45) is 5.92 Å². The van der Waals surface area contributed by atoms with Crippen LogP contribution in [-0.2, 0) is 25.5 Å². The number of carbonyl (C=O) groups is 3. The third-order valence-electron chi connectivity index (χ3n) is 4.57. The van der Waals surface area contributed by atoms with Crippen LogP contribution in [0.25, 0.3) is 0 Å². The van der Waals surface area contributed by atoms with E-state index in [1.165, 1.54) is 11.3 Å². The Morgan fingerprint density at radius 3 is 2.92 bits per heavy atom. The summed E-state index contributed by atoms with van der Waals surface area (Å²) < 4.78 is 5.07. The summed E-state index contributed by atoms with van der Waals surface area (Å²) >= 11 is 1.40. The minimum absolute atomic E-state index is 0.0291. The average molecular weight is 365 g/mol. The molecule has 0 N–H and O–H groups in total. The molecular weight excluding hydrogens is 342 g/mol. The highest BCUT2D eigenvalue weighted by molar-refractivity contribution is 7.14. The molecule has 2 fully saturated rings. The second-order valence-electron chi connectivity index (χ2n) is 6.38. The highest BCUT2D eigenvalue weighted by atomic mass is 32.1. The minimum atomic E-state index is -0.231. The summed E-state index contributed by atoms with van der Waals surface area (Å²) in [6.45, 7) is 3.93. The number of piperidine rings is 1. The van der Waals surface area contributed by atoms with Gasteiger partial charge in [0.15, 0.2) is 5.13 Å². The lowest BCUT2D eigenvalue weighted by atomic mass is 9.98. The van der Waals surface area contributed by atoms with Gasteiger partial charge in [0.25, 0.3) is 0 Å². The topological polar surface area (TPSA) is 79.8 Å². The first-order valence-corrected chi connectivity index (χ1v) is 9.65. The number of carbonyl (C=O) groups excluding carboxylic acids is 3. The number of ether oxygens (including phenoxy) is 1. The molecule has 2 saturated heterocycles. The third-order valence-corrected chi connectivity index (χ3v) is 5.48. The van der Waals surface area contributed by atoms with E-state index < -0.39 is 0 Å². The van der Waals surface area contributed by atoms with Crippen molar-refractivity contribution in [1.29, 1.82) is 0 Å². The summed E-state index contributed by atoms with van der Waals surface area (Å²) in [4.78, 5) is 44.1. The fourth-order valence-electron chi connectivity index (χ4n) is 3.27. The Hall–Kier alpha value is -1.96. The molecule has 2 amide bonds.